The van der Waals surface area contributed by atoms with Crippen LogP contribution in [0.4, 0.5) is 0 Å². The molecule has 0 fully saturated rings. The van der Waals surface area contributed by atoms with Crippen LogP contribution in [0.3, 0.4) is 0 Å². The minimum absolute atomic E-state index is 0.284. The molecule has 0 unspecified atom stereocenters. The molecule has 4 heteroatoms. The molecule has 1 heterocycles. The predicted octanol–water partition coefficient (Wildman–Crippen LogP) is 2.79. The van der Waals surface area contributed by atoms with Gasteiger partial charge < -0.3 is 14.2 Å². The Balaban J connectivity index is 1.76. The third-order valence-electron chi connectivity index (χ3n) is 3.22. The molecule has 1 aliphatic heterocycles. The first-order chi connectivity index (χ1) is 9.76. The molecule has 0 saturated carbocycles. The largest absolute Gasteiger partial charge is 0.465 e. The molecule has 2 aromatic carbocycles. The second-order valence-electron chi connectivity index (χ2n) is 4.55. The van der Waals surface area contributed by atoms with Crippen molar-refractivity contribution < 1.29 is 19.0 Å². The summed E-state index contributed by atoms with van der Waals surface area (Å²) in [5.74, 6) is 1.25. The summed E-state index contributed by atoms with van der Waals surface area (Å²) in [5.41, 5.74) is 2.82. The molecule has 4 nitrogen and oxygen atoms in total. The molecule has 2 aromatic rings. The number of hydrogen-bond donors (Lipinski definition) is 0. The predicted molar refractivity (Wildman–Crippen MR) is 73.2 cm³/mol. The van der Waals surface area contributed by atoms with E-state index in [4.69, 9.17) is 9.47 Å². The number of benzene rings is 2. The van der Waals surface area contributed by atoms with Crippen LogP contribution in [0, 0.1) is 0 Å². The van der Waals surface area contributed by atoms with E-state index >= 15 is 0 Å². The van der Waals surface area contributed by atoms with Gasteiger partial charge >= 0.3 is 5.97 Å². The number of rotatable bonds is 3. The summed E-state index contributed by atoms with van der Waals surface area (Å²) < 4.78 is 15.3. The summed E-state index contributed by atoms with van der Waals surface area (Å²) in [6, 6.07) is 13.3. The van der Waals surface area contributed by atoms with Crippen molar-refractivity contribution in [1.29, 1.82) is 0 Å². The molecular formula is C16H14O4. The van der Waals surface area contributed by atoms with Crippen molar-refractivity contribution in [2.24, 2.45) is 0 Å². The molecule has 0 aromatic heterocycles. The second-order valence-corrected chi connectivity index (χ2v) is 4.55. The van der Waals surface area contributed by atoms with E-state index in [-0.39, 0.29) is 12.8 Å². The smallest absolute Gasteiger partial charge is 0.337 e. The lowest BCUT2D eigenvalue weighted by Gasteiger charge is -2.05. The third kappa shape index (κ3) is 2.45. The summed E-state index contributed by atoms with van der Waals surface area (Å²) in [6.07, 6.45) is 0.776. The summed E-state index contributed by atoms with van der Waals surface area (Å²) in [6.45, 7) is 0.284. The van der Waals surface area contributed by atoms with Crippen molar-refractivity contribution in [2.45, 2.75) is 6.42 Å². The molecule has 0 spiro atoms. The molecule has 3 rings (SSSR count). The minimum atomic E-state index is -0.320. The number of carbonyl (C=O) groups excluding carboxylic acids is 1. The van der Waals surface area contributed by atoms with Crippen LogP contribution in [0.2, 0.25) is 0 Å². The van der Waals surface area contributed by atoms with Crippen LogP contribution in [0.1, 0.15) is 21.5 Å². The monoisotopic (exact) mass is 270 g/mol. The third-order valence-corrected chi connectivity index (χ3v) is 3.22. The fourth-order valence-electron chi connectivity index (χ4n) is 2.16. The Morgan fingerprint density at radius 2 is 1.75 bits per heavy atom. The van der Waals surface area contributed by atoms with Crippen LogP contribution < -0.4 is 9.47 Å². The average Bonchev–Trinajstić information content (AvgIpc) is 2.95. The van der Waals surface area contributed by atoms with Gasteiger partial charge in [-0.15, -0.1) is 0 Å². The Hall–Kier alpha value is -2.49. The summed E-state index contributed by atoms with van der Waals surface area (Å²) in [7, 11) is 1.38. The molecule has 102 valence electrons. The van der Waals surface area contributed by atoms with E-state index in [9.17, 15) is 4.79 Å². The van der Waals surface area contributed by atoms with E-state index in [2.05, 4.69) is 4.74 Å². The van der Waals surface area contributed by atoms with Gasteiger partial charge in [0.25, 0.3) is 0 Å². The van der Waals surface area contributed by atoms with E-state index in [1.807, 2.05) is 30.3 Å². The van der Waals surface area contributed by atoms with E-state index < -0.39 is 0 Å². The first kappa shape index (κ1) is 12.5. The maximum atomic E-state index is 11.4. The van der Waals surface area contributed by atoms with Crippen LogP contribution in [-0.4, -0.2) is 19.9 Å². The van der Waals surface area contributed by atoms with E-state index in [0.29, 0.717) is 5.56 Å². The Morgan fingerprint density at radius 3 is 2.50 bits per heavy atom. The van der Waals surface area contributed by atoms with Gasteiger partial charge in [0.2, 0.25) is 6.79 Å². The molecule has 0 radical (unpaired) electrons. The van der Waals surface area contributed by atoms with Gasteiger partial charge in [0, 0.05) is 0 Å². The van der Waals surface area contributed by atoms with Crippen LogP contribution in [0.5, 0.6) is 11.5 Å². The number of fused-ring (bicyclic) bond motifs is 1. The zero-order valence-electron chi connectivity index (χ0n) is 11.1. The fourth-order valence-corrected chi connectivity index (χ4v) is 2.16. The lowest BCUT2D eigenvalue weighted by molar-refractivity contribution is 0.0600. The summed E-state index contributed by atoms with van der Waals surface area (Å²) in [5, 5.41) is 0. The molecule has 0 aliphatic carbocycles. The molecule has 0 bridgehead atoms. The molecule has 1 aliphatic rings. The van der Waals surface area contributed by atoms with Gasteiger partial charge in [-0.3, -0.25) is 0 Å². The van der Waals surface area contributed by atoms with E-state index in [1.54, 1.807) is 12.1 Å². The lowest BCUT2D eigenvalue weighted by Crippen LogP contribution is -2.01. The van der Waals surface area contributed by atoms with Gasteiger partial charge in [-0.1, -0.05) is 18.2 Å². The van der Waals surface area contributed by atoms with Gasteiger partial charge in [0.1, 0.15) is 0 Å². The van der Waals surface area contributed by atoms with Crippen molar-refractivity contribution in [3.63, 3.8) is 0 Å². The van der Waals surface area contributed by atoms with Crippen molar-refractivity contribution in [3.8, 4) is 11.5 Å². The van der Waals surface area contributed by atoms with Gasteiger partial charge in [-0.2, -0.15) is 0 Å². The highest BCUT2D eigenvalue weighted by Gasteiger charge is 2.13. The van der Waals surface area contributed by atoms with Gasteiger partial charge in [-0.25, -0.2) is 4.79 Å². The van der Waals surface area contributed by atoms with E-state index in [0.717, 1.165) is 29.0 Å². The lowest BCUT2D eigenvalue weighted by atomic mass is 10.0. The SMILES string of the molecule is COC(=O)c1ccc(Cc2ccc3c(c2)OCO3)cc1. The van der Waals surface area contributed by atoms with Crippen molar-refractivity contribution in [1.82, 2.24) is 0 Å². The highest BCUT2D eigenvalue weighted by Crippen LogP contribution is 2.33. The molecular weight excluding hydrogens is 256 g/mol. The Labute approximate surface area is 116 Å². The van der Waals surface area contributed by atoms with Crippen molar-refractivity contribution >= 4 is 5.97 Å². The first-order valence-electron chi connectivity index (χ1n) is 6.32. The topological polar surface area (TPSA) is 44.8 Å². The normalized spacial score (nSPS) is 12.2. The highest BCUT2D eigenvalue weighted by molar-refractivity contribution is 5.89. The number of esters is 1. The Bertz CT molecular complexity index is 631. The number of methoxy groups -OCH3 is 1. The standard InChI is InChI=1S/C16H14O4/c1-18-16(17)13-5-2-11(3-6-13)8-12-4-7-14-15(9-12)20-10-19-14/h2-7,9H,8,10H2,1H3. The average molecular weight is 270 g/mol. The van der Waals surface area contributed by atoms with Gasteiger partial charge in [-0.05, 0) is 41.8 Å². The van der Waals surface area contributed by atoms with Crippen LogP contribution >= 0.6 is 0 Å². The molecule has 0 amide bonds. The first-order valence-corrected chi connectivity index (χ1v) is 6.32. The molecule has 20 heavy (non-hydrogen) atoms. The van der Waals surface area contributed by atoms with E-state index in [1.165, 1.54) is 7.11 Å². The van der Waals surface area contributed by atoms with Crippen molar-refractivity contribution in [3.05, 3.63) is 59.2 Å². The van der Waals surface area contributed by atoms with Gasteiger partial charge in [0.15, 0.2) is 11.5 Å². The zero-order chi connectivity index (χ0) is 13.9. The molecule has 0 atom stereocenters. The maximum Gasteiger partial charge on any atom is 0.337 e. The number of carbonyl (C=O) groups is 1. The molecule has 0 saturated heterocycles. The highest BCUT2D eigenvalue weighted by atomic mass is 16.7. The number of hydrogen-bond acceptors (Lipinski definition) is 4. The number of ether oxygens (including phenoxy) is 3. The van der Waals surface area contributed by atoms with Crippen LogP contribution in [0.25, 0.3) is 0 Å². The Kier molecular flexibility index (Phi) is 3.29. The van der Waals surface area contributed by atoms with Crippen LogP contribution in [-0.2, 0) is 11.2 Å². The quantitative estimate of drug-likeness (QED) is 0.804. The Morgan fingerprint density at radius 1 is 1.05 bits per heavy atom. The van der Waals surface area contributed by atoms with Crippen molar-refractivity contribution in [2.75, 3.05) is 13.9 Å². The zero-order valence-corrected chi connectivity index (χ0v) is 11.1. The molecule has 0 N–H and O–H groups in total. The maximum absolute atomic E-state index is 11.4. The fraction of sp³-hybridized carbons (Fsp3) is 0.188. The van der Waals surface area contributed by atoms with Gasteiger partial charge in [0.05, 0.1) is 12.7 Å². The summed E-state index contributed by atoms with van der Waals surface area (Å²) in [4.78, 5) is 11.4. The summed E-state index contributed by atoms with van der Waals surface area (Å²) >= 11 is 0. The minimum Gasteiger partial charge on any atom is -0.465 e. The second kappa shape index (κ2) is 5.25. The van der Waals surface area contributed by atoms with Crippen LogP contribution in [0.15, 0.2) is 42.5 Å².